The van der Waals surface area contributed by atoms with Gasteiger partial charge in [0.1, 0.15) is 5.82 Å². The number of hydrogen-bond donors (Lipinski definition) is 0. The normalized spacial score (nSPS) is 19.2. The van der Waals surface area contributed by atoms with Crippen molar-refractivity contribution < 1.29 is 4.39 Å². The second-order valence-corrected chi connectivity index (χ2v) is 5.44. The summed E-state index contributed by atoms with van der Waals surface area (Å²) in [6.07, 6.45) is 3.77. The van der Waals surface area contributed by atoms with Gasteiger partial charge in [0, 0.05) is 6.54 Å². The van der Waals surface area contributed by atoms with Crippen LogP contribution in [0.1, 0.15) is 30.2 Å². The number of piperidine rings is 1. The average Bonchev–Trinajstić information content (AvgIpc) is 2.34. The Labute approximate surface area is 112 Å². The van der Waals surface area contributed by atoms with Gasteiger partial charge in [-0.2, -0.15) is 0 Å². The molecule has 94 valence electrons. The molecule has 17 heavy (non-hydrogen) atoms. The predicted octanol–water partition coefficient (Wildman–Crippen LogP) is 4.24. The summed E-state index contributed by atoms with van der Waals surface area (Å²) in [5, 5.41) is -0.0181. The summed E-state index contributed by atoms with van der Waals surface area (Å²) in [6.45, 7) is 2.97. The van der Waals surface area contributed by atoms with Gasteiger partial charge < -0.3 is 4.90 Å². The molecule has 1 fully saturated rings. The van der Waals surface area contributed by atoms with E-state index in [-0.39, 0.29) is 10.4 Å². The van der Waals surface area contributed by atoms with E-state index in [0.717, 1.165) is 25.2 Å². The van der Waals surface area contributed by atoms with E-state index in [9.17, 15) is 4.39 Å². The Balaban J connectivity index is 1.98. The molecule has 1 aliphatic rings. The molecule has 0 saturated carbocycles. The monoisotopic (exact) mass is 275 g/mol. The highest BCUT2D eigenvalue weighted by molar-refractivity contribution is 6.30. The zero-order chi connectivity index (χ0) is 12.3. The van der Waals surface area contributed by atoms with Crippen LogP contribution in [0, 0.1) is 5.82 Å². The standard InChI is InChI=1S/C13H16Cl2FN/c14-11-5-4-10(8-13(11)16)12(15)9-17-6-2-1-3-7-17/h4-5,8,12H,1-3,6-7,9H2. The first kappa shape index (κ1) is 13.1. The largest absolute Gasteiger partial charge is 0.302 e. The van der Waals surface area contributed by atoms with Crippen molar-refractivity contribution in [3.63, 3.8) is 0 Å². The summed E-state index contributed by atoms with van der Waals surface area (Å²) < 4.78 is 13.3. The maximum Gasteiger partial charge on any atom is 0.142 e. The Morgan fingerprint density at radius 2 is 1.94 bits per heavy atom. The number of alkyl halides is 1. The molecule has 1 nitrogen and oxygen atoms in total. The van der Waals surface area contributed by atoms with Gasteiger partial charge in [0.25, 0.3) is 0 Å². The summed E-state index contributed by atoms with van der Waals surface area (Å²) in [5.74, 6) is -0.395. The molecule has 1 unspecified atom stereocenters. The highest BCUT2D eigenvalue weighted by atomic mass is 35.5. The third-order valence-electron chi connectivity index (χ3n) is 3.17. The molecule has 0 radical (unpaired) electrons. The van der Waals surface area contributed by atoms with Crippen LogP contribution in [0.4, 0.5) is 4.39 Å². The Kier molecular flexibility index (Phi) is 4.66. The van der Waals surface area contributed by atoms with Crippen LogP contribution in [0.25, 0.3) is 0 Å². The molecule has 1 aromatic carbocycles. The molecule has 1 aromatic rings. The fourth-order valence-corrected chi connectivity index (χ4v) is 2.63. The summed E-state index contributed by atoms with van der Waals surface area (Å²) in [5.41, 5.74) is 0.805. The van der Waals surface area contributed by atoms with E-state index in [0.29, 0.717) is 0 Å². The van der Waals surface area contributed by atoms with Crippen molar-refractivity contribution >= 4 is 23.2 Å². The van der Waals surface area contributed by atoms with Crippen molar-refractivity contribution in [1.82, 2.24) is 4.90 Å². The van der Waals surface area contributed by atoms with Crippen LogP contribution in [0.2, 0.25) is 5.02 Å². The van der Waals surface area contributed by atoms with E-state index in [1.807, 2.05) is 0 Å². The third-order valence-corrected chi connectivity index (χ3v) is 3.87. The van der Waals surface area contributed by atoms with Crippen molar-refractivity contribution in [2.45, 2.75) is 24.6 Å². The minimum atomic E-state index is -0.395. The van der Waals surface area contributed by atoms with Gasteiger partial charge in [0.2, 0.25) is 0 Å². The fraction of sp³-hybridized carbons (Fsp3) is 0.538. The molecular formula is C13H16Cl2FN. The molecule has 0 aliphatic carbocycles. The van der Waals surface area contributed by atoms with Crippen molar-refractivity contribution in [3.8, 4) is 0 Å². The summed E-state index contributed by atoms with van der Waals surface area (Å²) >= 11 is 12.0. The van der Waals surface area contributed by atoms with Gasteiger partial charge in [-0.05, 0) is 43.6 Å². The molecule has 0 aromatic heterocycles. The Hall–Kier alpha value is -0.310. The zero-order valence-corrected chi connectivity index (χ0v) is 11.1. The molecule has 1 saturated heterocycles. The molecule has 1 atom stereocenters. The van der Waals surface area contributed by atoms with Crippen LogP contribution in [-0.4, -0.2) is 24.5 Å². The Bertz CT molecular complexity index is 378. The lowest BCUT2D eigenvalue weighted by atomic mass is 10.1. The zero-order valence-electron chi connectivity index (χ0n) is 9.63. The van der Waals surface area contributed by atoms with E-state index >= 15 is 0 Å². The topological polar surface area (TPSA) is 3.24 Å². The van der Waals surface area contributed by atoms with E-state index in [1.165, 1.54) is 25.3 Å². The number of halogens is 3. The Morgan fingerprint density at radius 3 is 2.59 bits per heavy atom. The first-order chi connectivity index (χ1) is 8.16. The molecule has 1 aliphatic heterocycles. The lowest BCUT2D eigenvalue weighted by Gasteiger charge is -2.28. The molecule has 4 heteroatoms. The molecule has 1 heterocycles. The number of likely N-dealkylation sites (tertiary alicyclic amines) is 1. The van der Waals surface area contributed by atoms with Crippen molar-refractivity contribution in [2.24, 2.45) is 0 Å². The second kappa shape index (κ2) is 6.03. The summed E-state index contributed by atoms with van der Waals surface area (Å²) in [4.78, 5) is 2.34. The van der Waals surface area contributed by atoms with Crippen molar-refractivity contribution in [1.29, 1.82) is 0 Å². The molecular weight excluding hydrogens is 260 g/mol. The molecule has 0 amide bonds. The third kappa shape index (κ3) is 3.57. The summed E-state index contributed by atoms with van der Waals surface area (Å²) in [7, 11) is 0. The smallest absolute Gasteiger partial charge is 0.142 e. The second-order valence-electron chi connectivity index (χ2n) is 4.50. The van der Waals surface area contributed by atoms with Gasteiger partial charge >= 0.3 is 0 Å². The number of rotatable bonds is 3. The van der Waals surface area contributed by atoms with E-state index in [2.05, 4.69) is 4.90 Å². The van der Waals surface area contributed by atoms with Crippen LogP contribution in [-0.2, 0) is 0 Å². The van der Waals surface area contributed by atoms with Crippen LogP contribution >= 0.6 is 23.2 Å². The molecule has 0 spiro atoms. The van der Waals surface area contributed by atoms with Crippen LogP contribution < -0.4 is 0 Å². The Morgan fingerprint density at radius 1 is 1.24 bits per heavy atom. The van der Waals surface area contributed by atoms with Crippen molar-refractivity contribution in [2.75, 3.05) is 19.6 Å². The van der Waals surface area contributed by atoms with Crippen molar-refractivity contribution in [3.05, 3.63) is 34.6 Å². The van der Waals surface area contributed by atoms with Gasteiger partial charge in [-0.3, -0.25) is 0 Å². The minimum Gasteiger partial charge on any atom is -0.302 e. The van der Waals surface area contributed by atoms with Gasteiger partial charge in [-0.1, -0.05) is 24.1 Å². The lowest BCUT2D eigenvalue weighted by Crippen LogP contribution is -2.32. The maximum absolute atomic E-state index is 13.3. The quantitative estimate of drug-likeness (QED) is 0.746. The highest BCUT2D eigenvalue weighted by Gasteiger charge is 2.16. The molecule has 0 N–H and O–H groups in total. The summed E-state index contributed by atoms with van der Waals surface area (Å²) in [6, 6.07) is 4.80. The number of benzene rings is 1. The highest BCUT2D eigenvalue weighted by Crippen LogP contribution is 2.26. The van der Waals surface area contributed by atoms with Gasteiger partial charge in [0.05, 0.1) is 10.4 Å². The van der Waals surface area contributed by atoms with Gasteiger partial charge in [-0.25, -0.2) is 4.39 Å². The van der Waals surface area contributed by atoms with E-state index in [4.69, 9.17) is 23.2 Å². The number of hydrogen-bond acceptors (Lipinski definition) is 1. The average molecular weight is 276 g/mol. The maximum atomic E-state index is 13.3. The fourth-order valence-electron chi connectivity index (χ4n) is 2.18. The first-order valence-electron chi connectivity index (χ1n) is 5.98. The lowest BCUT2D eigenvalue weighted by molar-refractivity contribution is 0.229. The molecule has 0 bridgehead atoms. The van der Waals surface area contributed by atoms with Crippen LogP contribution in [0.15, 0.2) is 18.2 Å². The predicted molar refractivity (Wildman–Crippen MR) is 70.3 cm³/mol. The number of nitrogens with zero attached hydrogens (tertiary/aromatic N) is 1. The van der Waals surface area contributed by atoms with Crippen LogP contribution in [0.5, 0.6) is 0 Å². The van der Waals surface area contributed by atoms with Crippen LogP contribution in [0.3, 0.4) is 0 Å². The molecule has 2 rings (SSSR count). The van der Waals surface area contributed by atoms with Gasteiger partial charge in [0.15, 0.2) is 0 Å². The SMILES string of the molecule is Fc1cc(C(Cl)CN2CCCCC2)ccc1Cl. The van der Waals surface area contributed by atoms with E-state index in [1.54, 1.807) is 12.1 Å². The first-order valence-corrected chi connectivity index (χ1v) is 6.79. The minimum absolute atomic E-state index is 0.149. The van der Waals surface area contributed by atoms with Gasteiger partial charge in [-0.15, -0.1) is 11.6 Å². The van der Waals surface area contributed by atoms with E-state index < -0.39 is 5.82 Å².